The van der Waals surface area contributed by atoms with E-state index in [1.54, 1.807) is 0 Å². The minimum atomic E-state index is 0.517. The Kier molecular flexibility index (Phi) is 4.77. The van der Waals surface area contributed by atoms with Gasteiger partial charge in [-0.05, 0) is 79.5 Å². The van der Waals surface area contributed by atoms with Crippen molar-refractivity contribution in [2.24, 2.45) is 17.3 Å². The molecule has 0 aromatic carbocycles. The number of hydrogen-bond acceptors (Lipinski definition) is 4. The maximum absolute atomic E-state index is 6.09. The molecule has 2 aliphatic heterocycles. The first-order valence-electron chi connectivity index (χ1n) is 9.23. The molecular weight excluding hydrogens is 304 g/mol. The number of rotatable bonds is 6. The first-order chi connectivity index (χ1) is 11.2. The summed E-state index contributed by atoms with van der Waals surface area (Å²) in [5.74, 6) is 1.63. The summed E-state index contributed by atoms with van der Waals surface area (Å²) in [6.45, 7) is 8.15. The molecule has 4 heteroatoms. The molecule has 1 aromatic rings. The van der Waals surface area contributed by atoms with E-state index in [9.17, 15) is 0 Å². The number of ether oxygens (including phenoxy) is 1. The zero-order valence-electron chi connectivity index (χ0n) is 14.4. The van der Waals surface area contributed by atoms with Gasteiger partial charge in [0, 0.05) is 32.2 Å². The molecule has 3 nitrogen and oxygen atoms in total. The number of piperidine rings is 1. The largest absolute Gasteiger partial charge is 0.381 e. The van der Waals surface area contributed by atoms with Gasteiger partial charge in [0.05, 0.1) is 6.61 Å². The summed E-state index contributed by atoms with van der Waals surface area (Å²) in [5.41, 5.74) is 2.00. The molecular formula is C19H30N2OS. The first-order valence-corrected chi connectivity index (χ1v) is 10.2. The van der Waals surface area contributed by atoms with Crippen LogP contribution in [0.15, 0.2) is 16.8 Å². The van der Waals surface area contributed by atoms with E-state index in [1.807, 2.05) is 11.3 Å². The minimum Gasteiger partial charge on any atom is -0.381 e. The second-order valence-corrected chi connectivity index (χ2v) is 8.92. The molecule has 0 N–H and O–H groups in total. The van der Waals surface area contributed by atoms with Gasteiger partial charge in [0.1, 0.15) is 0 Å². The molecule has 3 fully saturated rings. The van der Waals surface area contributed by atoms with Crippen LogP contribution >= 0.6 is 11.3 Å². The fourth-order valence-corrected chi connectivity index (χ4v) is 5.22. The molecule has 23 heavy (non-hydrogen) atoms. The minimum absolute atomic E-state index is 0.517. The predicted octanol–water partition coefficient (Wildman–Crippen LogP) is 3.32. The van der Waals surface area contributed by atoms with Crippen LogP contribution in [-0.2, 0) is 11.3 Å². The Morgan fingerprint density at radius 2 is 2.09 bits per heavy atom. The van der Waals surface area contributed by atoms with Crippen molar-refractivity contribution >= 4 is 11.3 Å². The van der Waals surface area contributed by atoms with Gasteiger partial charge in [-0.25, -0.2) is 0 Å². The molecule has 0 bridgehead atoms. The molecule has 3 aliphatic rings. The zero-order valence-corrected chi connectivity index (χ0v) is 15.2. The van der Waals surface area contributed by atoms with E-state index < -0.39 is 0 Å². The molecule has 128 valence electrons. The van der Waals surface area contributed by atoms with E-state index in [2.05, 4.69) is 33.7 Å². The predicted molar refractivity (Wildman–Crippen MR) is 95.8 cm³/mol. The van der Waals surface area contributed by atoms with Gasteiger partial charge in [-0.15, -0.1) is 0 Å². The molecule has 1 aliphatic carbocycles. The summed E-state index contributed by atoms with van der Waals surface area (Å²) >= 11 is 1.81. The van der Waals surface area contributed by atoms with Crippen LogP contribution in [0.1, 0.15) is 31.2 Å². The third kappa shape index (κ3) is 3.81. The van der Waals surface area contributed by atoms with Crippen molar-refractivity contribution in [1.82, 2.24) is 9.80 Å². The molecule has 2 saturated heterocycles. The van der Waals surface area contributed by atoms with Gasteiger partial charge in [-0.1, -0.05) is 0 Å². The molecule has 4 rings (SSSR count). The van der Waals surface area contributed by atoms with Gasteiger partial charge in [-0.3, -0.25) is 4.90 Å². The fraction of sp³-hybridized carbons (Fsp3) is 0.789. The van der Waals surface area contributed by atoms with Crippen LogP contribution in [0.4, 0.5) is 0 Å². The Hall–Kier alpha value is -0.420. The van der Waals surface area contributed by atoms with Crippen LogP contribution < -0.4 is 0 Å². The maximum Gasteiger partial charge on any atom is 0.0512 e. The van der Waals surface area contributed by atoms with Crippen LogP contribution in [0.5, 0.6) is 0 Å². The third-order valence-corrected chi connectivity index (χ3v) is 6.92. The molecule has 3 heterocycles. The van der Waals surface area contributed by atoms with Crippen molar-refractivity contribution < 1.29 is 4.74 Å². The van der Waals surface area contributed by atoms with Gasteiger partial charge in [0.2, 0.25) is 0 Å². The fourth-order valence-electron chi connectivity index (χ4n) is 4.56. The Morgan fingerprint density at radius 1 is 1.26 bits per heavy atom. The molecule has 1 saturated carbocycles. The first kappa shape index (κ1) is 16.1. The van der Waals surface area contributed by atoms with Gasteiger partial charge in [-0.2, -0.15) is 11.3 Å². The van der Waals surface area contributed by atoms with E-state index in [-0.39, 0.29) is 0 Å². The molecule has 1 aromatic heterocycles. The average Bonchev–Trinajstić information content (AvgIpc) is 3.12. The van der Waals surface area contributed by atoms with E-state index >= 15 is 0 Å². The number of nitrogens with zero attached hydrogens (tertiary/aromatic N) is 2. The number of hydrogen-bond donors (Lipinski definition) is 0. The monoisotopic (exact) mass is 334 g/mol. The molecule has 1 unspecified atom stereocenters. The SMILES string of the molecule is CN1CC(COCC2CC2)C2(CCN(Cc3ccsc3)CC2)C1. The molecule has 1 atom stereocenters. The number of likely N-dealkylation sites (tertiary alicyclic amines) is 2. The van der Waals surface area contributed by atoms with E-state index in [0.717, 1.165) is 31.6 Å². The summed E-state index contributed by atoms with van der Waals surface area (Å²) in [6.07, 6.45) is 5.48. The van der Waals surface area contributed by atoms with Crippen LogP contribution in [0.2, 0.25) is 0 Å². The van der Waals surface area contributed by atoms with Crippen molar-refractivity contribution in [1.29, 1.82) is 0 Å². The number of thiophene rings is 1. The van der Waals surface area contributed by atoms with E-state index in [1.165, 1.54) is 57.4 Å². The highest BCUT2D eigenvalue weighted by Crippen LogP contribution is 2.44. The van der Waals surface area contributed by atoms with E-state index in [0.29, 0.717) is 5.41 Å². The summed E-state index contributed by atoms with van der Waals surface area (Å²) in [5, 5.41) is 4.49. The lowest BCUT2D eigenvalue weighted by molar-refractivity contribution is 0.0168. The lowest BCUT2D eigenvalue weighted by Gasteiger charge is -2.42. The Bertz CT molecular complexity index is 491. The lowest BCUT2D eigenvalue weighted by atomic mass is 9.71. The quantitative estimate of drug-likeness (QED) is 0.794. The standard InChI is InChI=1S/C19H30N2OS/c1-20-11-18(13-22-12-16-2-3-16)19(15-20)5-7-21(8-6-19)10-17-4-9-23-14-17/h4,9,14,16,18H,2-3,5-8,10-13,15H2,1H3. The highest BCUT2D eigenvalue weighted by Gasteiger charge is 2.46. The Labute approximate surface area is 144 Å². The lowest BCUT2D eigenvalue weighted by Crippen LogP contribution is -2.44. The normalized spacial score (nSPS) is 28.7. The second-order valence-electron chi connectivity index (χ2n) is 8.14. The average molecular weight is 335 g/mol. The molecule has 1 spiro atoms. The topological polar surface area (TPSA) is 15.7 Å². The summed E-state index contributed by atoms with van der Waals surface area (Å²) in [7, 11) is 2.29. The third-order valence-electron chi connectivity index (χ3n) is 6.19. The Morgan fingerprint density at radius 3 is 2.78 bits per heavy atom. The Balaban J connectivity index is 1.31. The molecule has 0 radical (unpaired) electrons. The summed E-state index contributed by atoms with van der Waals surface area (Å²) in [6, 6.07) is 2.27. The van der Waals surface area contributed by atoms with Crippen LogP contribution in [0.25, 0.3) is 0 Å². The van der Waals surface area contributed by atoms with Crippen molar-refractivity contribution in [2.75, 3.05) is 46.4 Å². The van der Waals surface area contributed by atoms with Crippen molar-refractivity contribution in [2.45, 2.75) is 32.2 Å². The van der Waals surface area contributed by atoms with Gasteiger partial charge in [0.15, 0.2) is 0 Å². The second kappa shape index (κ2) is 6.83. The van der Waals surface area contributed by atoms with Gasteiger partial charge >= 0.3 is 0 Å². The van der Waals surface area contributed by atoms with Crippen molar-refractivity contribution in [3.63, 3.8) is 0 Å². The highest BCUT2D eigenvalue weighted by atomic mass is 32.1. The van der Waals surface area contributed by atoms with Crippen molar-refractivity contribution in [3.8, 4) is 0 Å². The highest BCUT2D eigenvalue weighted by molar-refractivity contribution is 7.07. The van der Waals surface area contributed by atoms with Gasteiger partial charge in [0.25, 0.3) is 0 Å². The van der Waals surface area contributed by atoms with Crippen LogP contribution in [0, 0.1) is 17.3 Å². The van der Waals surface area contributed by atoms with Crippen molar-refractivity contribution in [3.05, 3.63) is 22.4 Å². The summed E-state index contributed by atoms with van der Waals surface area (Å²) < 4.78 is 6.09. The zero-order chi connectivity index (χ0) is 15.7. The van der Waals surface area contributed by atoms with Crippen LogP contribution in [0.3, 0.4) is 0 Å². The maximum atomic E-state index is 6.09. The smallest absolute Gasteiger partial charge is 0.0512 e. The summed E-state index contributed by atoms with van der Waals surface area (Å²) in [4.78, 5) is 5.19. The van der Waals surface area contributed by atoms with Crippen LogP contribution in [-0.4, -0.2) is 56.2 Å². The molecule has 0 amide bonds. The van der Waals surface area contributed by atoms with Gasteiger partial charge < -0.3 is 9.64 Å². The van der Waals surface area contributed by atoms with E-state index in [4.69, 9.17) is 4.74 Å².